The van der Waals surface area contributed by atoms with Crippen molar-refractivity contribution in [2.45, 2.75) is 11.8 Å². The maximum atomic E-state index is 10.6. The fourth-order valence-corrected chi connectivity index (χ4v) is 1.29. The van der Waals surface area contributed by atoms with Crippen LogP contribution in [0.4, 0.5) is 11.4 Å². The van der Waals surface area contributed by atoms with E-state index in [9.17, 15) is 4.21 Å². The van der Waals surface area contributed by atoms with Crippen molar-refractivity contribution in [2.24, 2.45) is 0 Å². The molecule has 0 aliphatic heterocycles. The van der Waals surface area contributed by atoms with Gasteiger partial charge in [0, 0.05) is 11.4 Å². The summed E-state index contributed by atoms with van der Waals surface area (Å²) in [4.78, 5) is 0.232. The Labute approximate surface area is 72.9 Å². The third-order valence-electron chi connectivity index (χ3n) is 1.66. The Kier molecular flexibility index (Phi) is 2.35. The lowest BCUT2D eigenvalue weighted by Gasteiger charge is -2.05. The van der Waals surface area contributed by atoms with E-state index in [0.717, 1.165) is 5.56 Å². The van der Waals surface area contributed by atoms with Gasteiger partial charge in [-0.15, -0.1) is 0 Å². The quantitative estimate of drug-likeness (QED) is 0.445. The van der Waals surface area contributed by atoms with Gasteiger partial charge in [0.05, 0.1) is 4.90 Å². The lowest BCUT2D eigenvalue weighted by atomic mass is 10.2. The van der Waals surface area contributed by atoms with E-state index in [1.165, 1.54) is 12.1 Å². The second-order valence-corrected chi connectivity index (χ2v) is 3.45. The summed E-state index contributed by atoms with van der Waals surface area (Å²) in [6.45, 7) is 1.76. The third kappa shape index (κ3) is 1.57. The van der Waals surface area contributed by atoms with E-state index in [0.29, 0.717) is 11.4 Å². The molecule has 0 aromatic heterocycles. The highest BCUT2D eigenvalue weighted by Crippen LogP contribution is 2.22. The van der Waals surface area contributed by atoms with E-state index in [-0.39, 0.29) is 4.90 Å². The molecule has 1 aromatic rings. The van der Waals surface area contributed by atoms with Crippen molar-refractivity contribution in [1.82, 2.24) is 0 Å². The topological polar surface area (TPSA) is 89.3 Å². The molecule has 4 nitrogen and oxygen atoms in total. The van der Waals surface area contributed by atoms with Crippen LogP contribution in [0.2, 0.25) is 0 Å². The fourth-order valence-electron chi connectivity index (χ4n) is 0.832. The van der Waals surface area contributed by atoms with Gasteiger partial charge in [-0.1, -0.05) is 0 Å². The molecular weight excluding hydrogens is 176 g/mol. The minimum absolute atomic E-state index is 0.232. The normalized spacial score (nSPS) is 12.8. The lowest BCUT2D eigenvalue weighted by Crippen LogP contribution is -1.99. The summed E-state index contributed by atoms with van der Waals surface area (Å²) in [5.41, 5.74) is 12.7. The molecule has 1 rings (SSSR count). The molecule has 12 heavy (non-hydrogen) atoms. The molecule has 0 radical (unpaired) electrons. The summed E-state index contributed by atoms with van der Waals surface area (Å²) < 4.78 is 19.3. The largest absolute Gasteiger partial charge is 0.398 e. The molecule has 1 atom stereocenters. The van der Waals surface area contributed by atoms with Crippen LogP contribution in [-0.4, -0.2) is 8.76 Å². The molecular formula is C7H10N2O2S. The first-order valence-corrected chi connectivity index (χ1v) is 4.39. The van der Waals surface area contributed by atoms with Crippen molar-refractivity contribution < 1.29 is 8.76 Å². The van der Waals surface area contributed by atoms with Crippen LogP contribution in [0.3, 0.4) is 0 Å². The van der Waals surface area contributed by atoms with Crippen molar-refractivity contribution in [3.05, 3.63) is 17.7 Å². The highest BCUT2D eigenvalue weighted by atomic mass is 32.2. The predicted molar refractivity (Wildman–Crippen MR) is 49.0 cm³/mol. The molecule has 0 saturated heterocycles. The molecule has 5 heteroatoms. The Hall–Kier alpha value is -1.07. The number of hydrogen-bond donors (Lipinski definition) is 3. The molecule has 0 fully saturated rings. The van der Waals surface area contributed by atoms with Gasteiger partial charge in [-0.05, 0) is 24.6 Å². The molecule has 0 aliphatic rings. The molecule has 0 amide bonds. The van der Waals surface area contributed by atoms with E-state index in [1.54, 1.807) is 6.92 Å². The van der Waals surface area contributed by atoms with Gasteiger partial charge in [0.15, 0.2) is 11.1 Å². The van der Waals surface area contributed by atoms with Crippen LogP contribution in [0.1, 0.15) is 5.56 Å². The van der Waals surface area contributed by atoms with Crippen LogP contribution in [0.5, 0.6) is 0 Å². The van der Waals surface area contributed by atoms with Gasteiger partial charge in [0.25, 0.3) is 0 Å². The fraction of sp³-hybridized carbons (Fsp3) is 0.143. The molecule has 66 valence electrons. The number of nitrogens with two attached hydrogens (primary N) is 2. The molecule has 0 heterocycles. The third-order valence-corrected chi connectivity index (χ3v) is 2.30. The molecule has 0 spiro atoms. The van der Waals surface area contributed by atoms with Crippen molar-refractivity contribution in [3.8, 4) is 0 Å². The minimum atomic E-state index is -2.02. The van der Waals surface area contributed by atoms with Gasteiger partial charge in [-0.2, -0.15) is 0 Å². The highest BCUT2D eigenvalue weighted by molar-refractivity contribution is 7.79. The van der Waals surface area contributed by atoms with Crippen LogP contribution in [0, 0.1) is 6.92 Å². The maximum Gasteiger partial charge on any atom is 0.186 e. The van der Waals surface area contributed by atoms with Crippen molar-refractivity contribution in [3.63, 3.8) is 0 Å². The molecule has 0 aliphatic carbocycles. The van der Waals surface area contributed by atoms with Gasteiger partial charge in [-0.3, -0.25) is 0 Å². The lowest BCUT2D eigenvalue weighted by molar-refractivity contribution is 0.564. The first kappa shape index (κ1) is 9.02. The molecule has 0 bridgehead atoms. The van der Waals surface area contributed by atoms with Gasteiger partial charge < -0.3 is 16.0 Å². The van der Waals surface area contributed by atoms with Crippen LogP contribution in [0.15, 0.2) is 17.0 Å². The summed E-state index contributed by atoms with van der Waals surface area (Å²) in [7, 11) is 0. The van der Waals surface area contributed by atoms with Crippen molar-refractivity contribution >= 4 is 22.5 Å². The van der Waals surface area contributed by atoms with E-state index in [1.807, 2.05) is 0 Å². The predicted octanol–water partition coefficient (Wildman–Crippen LogP) is 0.740. The minimum Gasteiger partial charge on any atom is -0.398 e. The Balaban J connectivity index is 3.31. The number of rotatable bonds is 1. The Bertz CT molecular complexity index is 315. The standard InChI is InChI=1S/C7H10N2O2S/c1-4-6(8)2-5(12(10)11)3-7(4)9/h2-3H,8-9H2,1H3,(H,10,11). The summed E-state index contributed by atoms with van der Waals surface area (Å²) in [6, 6.07) is 2.89. The highest BCUT2D eigenvalue weighted by Gasteiger charge is 2.05. The van der Waals surface area contributed by atoms with Crippen LogP contribution >= 0.6 is 0 Å². The summed E-state index contributed by atoms with van der Waals surface area (Å²) in [6.07, 6.45) is 0. The Morgan fingerprint density at radius 1 is 1.33 bits per heavy atom. The number of hydrogen-bond acceptors (Lipinski definition) is 3. The molecule has 5 N–H and O–H groups in total. The smallest absolute Gasteiger partial charge is 0.186 e. The molecule has 1 aromatic carbocycles. The Morgan fingerprint density at radius 2 is 1.75 bits per heavy atom. The zero-order chi connectivity index (χ0) is 9.30. The Morgan fingerprint density at radius 3 is 2.08 bits per heavy atom. The monoisotopic (exact) mass is 186 g/mol. The van der Waals surface area contributed by atoms with Gasteiger partial charge in [0.2, 0.25) is 0 Å². The van der Waals surface area contributed by atoms with Crippen molar-refractivity contribution in [1.29, 1.82) is 0 Å². The summed E-state index contributed by atoms with van der Waals surface area (Å²) in [5.74, 6) is 0. The zero-order valence-electron chi connectivity index (χ0n) is 6.57. The summed E-state index contributed by atoms with van der Waals surface area (Å²) in [5, 5.41) is 0. The van der Waals surface area contributed by atoms with Gasteiger partial charge in [-0.25, -0.2) is 4.21 Å². The van der Waals surface area contributed by atoms with E-state index < -0.39 is 11.1 Å². The average molecular weight is 186 g/mol. The number of nitrogen functional groups attached to an aromatic ring is 2. The second-order valence-electron chi connectivity index (χ2n) is 2.48. The van der Waals surface area contributed by atoms with Crippen LogP contribution < -0.4 is 11.5 Å². The van der Waals surface area contributed by atoms with Gasteiger partial charge >= 0.3 is 0 Å². The first-order chi connectivity index (χ1) is 5.52. The van der Waals surface area contributed by atoms with Crippen LogP contribution in [0.25, 0.3) is 0 Å². The van der Waals surface area contributed by atoms with Gasteiger partial charge in [0.1, 0.15) is 0 Å². The molecule has 1 unspecified atom stereocenters. The average Bonchev–Trinajstić information content (AvgIpc) is 1.99. The maximum absolute atomic E-state index is 10.6. The second kappa shape index (κ2) is 3.12. The number of benzene rings is 1. The van der Waals surface area contributed by atoms with Crippen LogP contribution in [-0.2, 0) is 11.1 Å². The number of anilines is 2. The van der Waals surface area contributed by atoms with E-state index in [4.69, 9.17) is 16.0 Å². The van der Waals surface area contributed by atoms with Crippen molar-refractivity contribution in [2.75, 3.05) is 11.5 Å². The first-order valence-electron chi connectivity index (χ1n) is 3.29. The summed E-state index contributed by atoms with van der Waals surface area (Å²) >= 11 is -2.02. The van der Waals surface area contributed by atoms with E-state index in [2.05, 4.69) is 0 Å². The SMILES string of the molecule is Cc1c(N)cc(S(=O)O)cc1N. The zero-order valence-corrected chi connectivity index (χ0v) is 7.39. The van der Waals surface area contributed by atoms with E-state index >= 15 is 0 Å². The molecule has 0 saturated carbocycles.